The monoisotopic (exact) mass is 449 g/mol. The Morgan fingerprint density at radius 2 is 1.78 bits per heavy atom. The van der Waals surface area contributed by atoms with Gasteiger partial charge in [-0.25, -0.2) is 9.78 Å². The summed E-state index contributed by atoms with van der Waals surface area (Å²) in [5.41, 5.74) is 3.00. The number of piperidine rings is 1. The number of nitrogens with one attached hydrogen (secondary N) is 2. The molecule has 1 aromatic heterocycles. The number of imidazole rings is 1. The summed E-state index contributed by atoms with van der Waals surface area (Å²) in [5.74, 6) is 0.291. The highest BCUT2D eigenvalue weighted by atomic mass is 32.2. The van der Waals surface area contributed by atoms with Gasteiger partial charge in [0.05, 0.1) is 11.4 Å². The molecule has 3 aromatic rings. The van der Waals surface area contributed by atoms with Gasteiger partial charge >= 0.3 is 6.03 Å². The third kappa shape index (κ3) is 5.50. The molecule has 7 nitrogen and oxygen atoms in total. The highest BCUT2D eigenvalue weighted by molar-refractivity contribution is 7.99. The number of hydrogen-bond donors (Lipinski definition) is 2. The Hall–Kier alpha value is -3.26. The number of likely N-dealkylation sites (tertiary alicyclic amines) is 1. The van der Waals surface area contributed by atoms with Crippen molar-refractivity contribution in [3.63, 3.8) is 0 Å². The van der Waals surface area contributed by atoms with Crippen LogP contribution in [0.4, 0.5) is 10.5 Å². The Morgan fingerprint density at radius 1 is 1.06 bits per heavy atom. The molecule has 1 aliphatic rings. The number of carbonyl (C=O) groups excluding carboxylic acids is 2. The molecule has 1 aliphatic heterocycles. The number of urea groups is 1. The Labute approximate surface area is 192 Å². The number of carbonyl (C=O) groups is 2. The Kier molecular flexibility index (Phi) is 7.11. The summed E-state index contributed by atoms with van der Waals surface area (Å²) in [6.45, 7) is 3.30. The van der Waals surface area contributed by atoms with Crippen molar-refractivity contribution in [2.24, 2.45) is 0 Å². The molecule has 1 saturated heterocycles. The second-order valence-electron chi connectivity index (χ2n) is 7.78. The van der Waals surface area contributed by atoms with Crippen molar-refractivity contribution in [1.82, 2.24) is 19.8 Å². The van der Waals surface area contributed by atoms with Crippen LogP contribution in [-0.2, 0) is 4.79 Å². The minimum absolute atomic E-state index is 0.0125. The van der Waals surface area contributed by atoms with Crippen molar-refractivity contribution in [3.8, 4) is 5.69 Å². The topological polar surface area (TPSA) is 79.3 Å². The maximum absolute atomic E-state index is 12.5. The molecule has 4 rings (SSSR count). The van der Waals surface area contributed by atoms with Crippen LogP contribution in [0.5, 0.6) is 0 Å². The van der Waals surface area contributed by atoms with Gasteiger partial charge in [-0.05, 0) is 43.5 Å². The van der Waals surface area contributed by atoms with E-state index in [1.807, 2.05) is 59.3 Å². The molecule has 0 spiro atoms. The molecular formula is C24H27N5O2S. The normalized spacial score (nSPS) is 14.2. The third-order valence-electron chi connectivity index (χ3n) is 5.49. The van der Waals surface area contributed by atoms with Crippen LogP contribution < -0.4 is 10.6 Å². The van der Waals surface area contributed by atoms with E-state index in [0.29, 0.717) is 18.8 Å². The van der Waals surface area contributed by atoms with Crippen molar-refractivity contribution < 1.29 is 9.59 Å². The summed E-state index contributed by atoms with van der Waals surface area (Å²) in [5, 5.41) is 6.81. The Morgan fingerprint density at radius 3 is 2.53 bits per heavy atom. The van der Waals surface area contributed by atoms with Crippen LogP contribution in [0, 0.1) is 6.92 Å². The van der Waals surface area contributed by atoms with E-state index in [-0.39, 0.29) is 18.0 Å². The van der Waals surface area contributed by atoms with Gasteiger partial charge in [-0.1, -0.05) is 48.2 Å². The van der Waals surface area contributed by atoms with E-state index in [9.17, 15) is 9.59 Å². The molecule has 0 radical (unpaired) electrons. The second-order valence-corrected chi connectivity index (χ2v) is 8.72. The molecule has 0 atom stereocenters. The van der Waals surface area contributed by atoms with Crippen LogP contribution in [0.25, 0.3) is 5.69 Å². The van der Waals surface area contributed by atoms with Crippen LogP contribution in [0.3, 0.4) is 0 Å². The van der Waals surface area contributed by atoms with Crippen LogP contribution in [0.15, 0.2) is 72.1 Å². The van der Waals surface area contributed by atoms with Crippen molar-refractivity contribution in [2.75, 3.05) is 24.2 Å². The smallest absolute Gasteiger partial charge is 0.321 e. The van der Waals surface area contributed by atoms with Gasteiger partial charge < -0.3 is 15.5 Å². The molecule has 0 bridgehead atoms. The molecule has 166 valence electrons. The predicted octanol–water partition coefficient (Wildman–Crippen LogP) is 4.09. The first kappa shape index (κ1) is 22.0. The number of amides is 3. The zero-order chi connectivity index (χ0) is 22.3. The van der Waals surface area contributed by atoms with Crippen LogP contribution in [0.1, 0.15) is 18.4 Å². The van der Waals surface area contributed by atoms with Crippen molar-refractivity contribution >= 4 is 29.4 Å². The van der Waals surface area contributed by atoms with Gasteiger partial charge in [0.25, 0.3) is 0 Å². The Balaban J connectivity index is 1.23. The number of benzene rings is 2. The minimum Gasteiger partial charge on any atom is -0.353 e. The molecule has 2 heterocycles. The number of rotatable bonds is 6. The SMILES string of the molecule is Cc1ccccc1-n1ccnc1SCC(=O)NC1CCN(C(=O)Nc2ccccc2)CC1. The van der Waals surface area contributed by atoms with E-state index in [1.54, 1.807) is 11.1 Å². The maximum Gasteiger partial charge on any atom is 0.321 e. The van der Waals surface area contributed by atoms with Crippen molar-refractivity contribution in [2.45, 2.75) is 31.0 Å². The average molecular weight is 450 g/mol. The van der Waals surface area contributed by atoms with Gasteiger partial charge in [0, 0.05) is 37.2 Å². The van der Waals surface area contributed by atoms with Crippen LogP contribution in [0.2, 0.25) is 0 Å². The van der Waals surface area contributed by atoms with Gasteiger partial charge in [0.1, 0.15) is 0 Å². The van der Waals surface area contributed by atoms with E-state index in [2.05, 4.69) is 28.6 Å². The summed E-state index contributed by atoms with van der Waals surface area (Å²) in [6.07, 6.45) is 5.16. The van der Waals surface area contributed by atoms with Gasteiger partial charge in [0.2, 0.25) is 5.91 Å². The molecule has 1 fully saturated rings. The summed E-state index contributed by atoms with van der Waals surface area (Å²) in [6, 6.07) is 17.5. The third-order valence-corrected chi connectivity index (χ3v) is 6.45. The Bertz CT molecular complexity index is 1060. The molecular weight excluding hydrogens is 422 g/mol. The molecule has 8 heteroatoms. The lowest BCUT2D eigenvalue weighted by Crippen LogP contribution is -2.48. The van der Waals surface area contributed by atoms with E-state index < -0.39 is 0 Å². The fourth-order valence-electron chi connectivity index (χ4n) is 3.76. The average Bonchev–Trinajstić information content (AvgIpc) is 3.27. The highest BCUT2D eigenvalue weighted by Crippen LogP contribution is 2.22. The molecule has 32 heavy (non-hydrogen) atoms. The number of nitrogens with zero attached hydrogens (tertiary/aromatic N) is 3. The first-order chi connectivity index (χ1) is 15.6. The second kappa shape index (κ2) is 10.4. The maximum atomic E-state index is 12.5. The van der Waals surface area contributed by atoms with Crippen LogP contribution >= 0.6 is 11.8 Å². The molecule has 0 unspecified atom stereocenters. The first-order valence-electron chi connectivity index (χ1n) is 10.7. The number of aryl methyl sites for hydroxylation is 1. The number of aromatic nitrogens is 2. The number of hydrogen-bond acceptors (Lipinski definition) is 4. The number of thioether (sulfide) groups is 1. The van der Waals surface area contributed by atoms with E-state index in [4.69, 9.17) is 0 Å². The lowest BCUT2D eigenvalue weighted by molar-refractivity contribution is -0.119. The number of anilines is 1. The molecule has 3 amide bonds. The highest BCUT2D eigenvalue weighted by Gasteiger charge is 2.24. The molecule has 0 saturated carbocycles. The first-order valence-corrected chi connectivity index (χ1v) is 11.7. The van der Waals surface area contributed by atoms with Crippen LogP contribution in [-0.4, -0.2) is 51.3 Å². The predicted molar refractivity (Wildman–Crippen MR) is 127 cm³/mol. The zero-order valence-electron chi connectivity index (χ0n) is 18.0. The summed E-state index contributed by atoms with van der Waals surface area (Å²) in [4.78, 5) is 31.1. The van der Waals surface area contributed by atoms with Crippen molar-refractivity contribution in [3.05, 3.63) is 72.6 Å². The van der Waals surface area contributed by atoms with Gasteiger partial charge in [0.15, 0.2) is 5.16 Å². The van der Waals surface area contributed by atoms with E-state index in [0.717, 1.165) is 34.9 Å². The van der Waals surface area contributed by atoms with E-state index >= 15 is 0 Å². The van der Waals surface area contributed by atoms with E-state index in [1.165, 1.54) is 11.8 Å². The summed E-state index contributed by atoms with van der Waals surface area (Å²) < 4.78 is 2.01. The summed E-state index contributed by atoms with van der Waals surface area (Å²) >= 11 is 1.43. The lowest BCUT2D eigenvalue weighted by atomic mass is 10.1. The van der Waals surface area contributed by atoms with Gasteiger partial charge in [-0.15, -0.1) is 0 Å². The van der Waals surface area contributed by atoms with Gasteiger partial charge in [-0.2, -0.15) is 0 Å². The standard InChI is InChI=1S/C24H27N5O2S/c1-18-7-5-6-10-21(18)29-16-13-25-24(29)32-17-22(30)26-20-11-14-28(15-12-20)23(31)27-19-8-3-2-4-9-19/h2-10,13,16,20H,11-12,14-15,17H2,1H3,(H,26,30)(H,27,31). The lowest BCUT2D eigenvalue weighted by Gasteiger charge is -2.32. The van der Waals surface area contributed by atoms with Gasteiger partial charge in [-0.3, -0.25) is 9.36 Å². The zero-order valence-corrected chi connectivity index (χ0v) is 18.8. The molecule has 2 aromatic carbocycles. The quantitative estimate of drug-likeness (QED) is 0.556. The van der Waals surface area contributed by atoms with Crippen molar-refractivity contribution in [1.29, 1.82) is 0 Å². The largest absolute Gasteiger partial charge is 0.353 e. The minimum atomic E-state index is -0.0976. The summed E-state index contributed by atoms with van der Waals surface area (Å²) in [7, 11) is 0. The fourth-order valence-corrected chi connectivity index (χ4v) is 4.54. The molecule has 0 aliphatic carbocycles. The fraction of sp³-hybridized carbons (Fsp3) is 0.292. The number of para-hydroxylation sites is 2. The molecule has 2 N–H and O–H groups in total.